The van der Waals surface area contributed by atoms with E-state index in [1.807, 2.05) is 18.2 Å². The lowest BCUT2D eigenvalue weighted by atomic mass is 10.0. The Bertz CT molecular complexity index is 413. The highest BCUT2D eigenvalue weighted by Crippen LogP contribution is 2.38. The van der Waals surface area contributed by atoms with Gasteiger partial charge in [-0.05, 0) is 36.5 Å². The number of phenolic OH excluding ortho intramolecular Hbond substituents is 1. The van der Waals surface area contributed by atoms with E-state index < -0.39 is 0 Å². The number of nitrogens with two attached hydrogens (primary N) is 1. The van der Waals surface area contributed by atoms with Crippen LogP contribution in [-0.2, 0) is 12.8 Å². The summed E-state index contributed by atoms with van der Waals surface area (Å²) >= 11 is 6.11. The number of phenols is 1. The topological polar surface area (TPSA) is 46.2 Å². The molecule has 0 saturated carbocycles. The second-order valence-electron chi connectivity index (χ2n) is 3.76. The molecule has 2 nitrogen and oxygen atoms in total. The molecule has 2 rings (SSSR count). The van der Waals surface area contributed by atoms with Crippen LogP contribution < -0.4 is 5.73 Å². The molecule has 0 bridgehead atoms. The zero-order chi connectivity index (χ0) is 10.8. The molecule has 80 valence electrons. The normalized spacial score (nSPS) is 14.8. The summed E-state index contributed by atoms with van der Waals surface area (Å²) in [7, 11) is 0. The van der Waals surface area contributed by atoms with Gasteiger partial charge in [-0.15, -0.1) is 0 Å². The number of fused-ring (bicyclic) bond motifs is 1. The van der Waals surface area contributed by atoms with E-state index >= 15 is 0 Å². The van der Waals surface area contributed by atoms with Crippen LogP contribution >= 0.6 is 11.6 Å². The highest BCUT2D eigenvalue weighted by molar-refractivity contribution is 6.33. The molecule has 15 heavy (non-hydrogen) atoms. The van der Waals surface area contributed by atoms with Crippen LogP contribution in [0.1, 0.15) is 23.1 Å². The van der Waals surface area contributed by atoms with Crippen molar-refractivity contribution in [1.29, 1.82) is 0 Å². The maximum atomic E-state index is 9.86. The highest BCUT2D eigenvalue weighted by Gasteiger charge is 2.18. The van der Waals surface area contributed by atoms with Crippen LogP contribution in [0.2, 0.25) is 5.02 Å². The molecule has 1 aliphatic carbocycles. The first-order valence-corrected chi connectivity index (χ1v) is 5.51. The number of aromatic hydroxyl groups is 1. The number of hydrogen-bond donors (Lipinski definition) is 2. The first-order chi connectivity index (χ1) is 7.24. The Kier molecular flexibility index (Phi) is 2.98. The predicted molar refractivity (Wildman–Crippen MR) is 63.2 cm³/mol. The van der Waals surface area contributed by atoms with Crippen molar-refractivity contribution in [3.63, 3.8) is 0 Å². The molecule has 1 aromatic carbocycles. The van der Waals surface area contributed by atoms with E-state index in [9.17, 15) is 5.11 Å². The molecule has 0 fully saturated rings. The van der Waals surface area contributed by atoms with Crippen LogP contribution in [0, 0.1) is 0 Å². The fourth-order valence-corrected chi connectivity index (χ4v) is 2.35. The average Bonchev–Trinajstić information content (AvgIpc) is 2.69. The summed E-state index contributed by atoms with van der Waals surface area (Å²) in [6.45, 7) is 0.466. The molecular formula is C12H14ClNO. The lowest BCUT2D eigenvalue weighted by Gasteiger charge is -2.08. The van der Waals surface area contributed by atoms with Crippen LogP contribution in [0.5, 0.6) is 5.75 Å². The summed E-state index contributed by atoms with van der Waals surface area (Å²) in [5.41, 5.74) is 8.51. The largest absolute Gasteiger partial charge is 0.506 e. The Morgan fingerprint density at radius 1 is 1.47 bits per heavy atom. The van der Waals surface area contributed by atoms with E-state index in [0.717, 1.165) is 30.4 Å². The fraction of sp³-hybridized carbons (Fsp3) is 0.333. The third-order valence-corrected chi connectivity index (χ3v) is 3.18. The zero-order valence-electron chi connectivity index (χ0n) is 8.46. The predicted octanol–water partition coefficient (Wildman–Crippen LogP) is 2.51. The molecule has 0 saturated heterocycles. The Labute approximate surface area is 94.4 Å². The molecular weight excluding hydrogens is 210 g/mol. The molecule has 0 heterocycles. The molecule has 3 N–H and O–H groups in total. The molecule has 3 heteroatoms. The van der Waals surface area contributed by atoms with Crippen LogP contribution in [0.3, 0.4) is 0 Å². The molecule has 0 aliphatic heterocycles. The van der Waals surface area contributed by atoms with Gasteiger partial charge in [0.1, 0.15) is 5.75 Å². The standard InChI is InChI=1S/C12H14ClNO/c13-11-10-5-1-3-8(10)7-9(12(11)15)4-2-6-14/h2,4,7,15H,1,3,5-6,14H2/b4-2+. The minimum Gasteiger partial charge on any atom is -0.506 e. The number of halogens is 1. The SMILES string of the molecule is NC/C=C/c1cc2c(c(Cl)c1O)CCC2. The Morgan fingerprint density at radius 2 is 2.27 bits per heavy atom. The van der Waals surface area contributed by atoms with Gasteiger partial charge in [-0.2, -0.15) is 0 Å². The third-order valence-electron chi connectivity index (χ3n) is 2.77. The quantitative estimate of drug-likeness (QED) is 0.809. The minimum atomic E-state index is 0.182. The van der Waals surface area contributed by atoms with Crippen LogP contribution in [0.4, 0.5) is 0 Å². The van der Waals surface area contributed by atoms with Crippen LogP contribution in [0.15, 0.2) is 12.1 Å². The summed E-state index contributed by atoms with van der Waals surface area (Å²) in [6, 6.07) is 2.01. The first-order valence-electron chi connectivity index (χ1n) is 5.14. The van der Waals surface area contributed by atoms with Crippen molar-refractivity contribution in [1.82, 2.24) is 0 Å². The lowest BCUT2D eigenvalue weighted by molar-refractivity contribution is 0.473. The molecule has 1 aliphatic rings. The van der Waals surface area contributed by atoms with E-state index in [0.29, 0.717) is 11.6 Å². The maximum absolute atomic E-state index is 9.86. The molecule has 0 spiro atoms. The zero-order valence-corrected chi connectivity index (χ0v) is 9.22. The maximum Gasteiger partial charge on any atom is 0.141 e. The number of aryl methyl sites for hydroxylation is 1. The van der Waals surface area contributed by atoms with Gasteiger partial charge in [0.15, 0.2) is 0 Å². The highest BCUT2D eigenvalue weighted by atomic mass is 35.5. The van der Waals surface area contributed by atoms with Gasteiger partial charge in [-0.1, -0.05) is 23.8 Å². The van der Waals surface area contributed by atoms with Crippen molar-refractivity contribution in [3.8, 4) is 5.75 Å². The first kappa shape index (κ1) is 10.5. The van der Waals surface area contributed by atoms with E-state index in [1.54, 1.807) is 0 Å². The van der Waals surface area contributed by atoms with Gasteiger partial charge in [0.2, 0.25) is 0 Å². The Morgan fingerprint density at radius 3 is 3.00 bits per heavy atom. The van der Waals surface area contributed by atoms with Gasteiger partial charge in [-0.3, -0.25) is 0 Å². The van der Waals surface area contributed by atoms with Gasteiger partial charge in [-0.25, -0.2) is 0 Å². The molecule has 0 unspecified atom stereocenters. The van der Waals surface area contributed by atoms with E-state index in [-0.39, 0.29) is 5.75 Å². The molecule has 0 radical (unpaired) electrons. The minimum absolute atomic E-state index is 0.182. The molecule has 0 aromatic heterocycles. The van der Waals surface area contributed by atoms with Crippen molar-refractivity contribution in [2.45, 2.75) is 19.3 Å². The van der Waals surface area contributed by atoms with Gasteiger partial charge < -0.3 is 10.8 Å². The van der Waals surface area contributed by atoms with Gasteiger partial charge in [0.25, 0.3) is 0 Å². The van der Waals surface area contributed by atoms with Crippen molar-refractivity contribution in [2.24, 2.45) is 5.73 Å². The summed E-state index contributed by atoms with van der Waals surface area (Å²) in [5.74, 6) is 0.182. The number of rotatable bonds is 2. The van der Waals surface area contributed by atoms with Gasteiger partial charge >= 0.3 is 0 Å². The van der Waals surface area contributed by atoms with Gasteiger partial charge in [0, 0.05) is 12.1 Å². The summed E-state index contributed by atoms with van der Waals surface area (Å²) in [5, 5.41) is 10.4. The van der Waals surface area contributed by atoms with E-state index in [2.05, 4.69) is 0 Å². The van der Waals surface area contributed by atoms with Crippen molar-refractivity contribution >= 4 is 17.7 Å². The Balaban J connectivity index is 2.49. The molecule has 0 atom stereocenters. The van der Waals surface area contributed by atoms with Gasteiger partial charge in [0.05, 0.1) is 5.02 Å². The second kappa shape index (κ2) is 4.25. The summed E-state index contributed by atoms with van der Waals surface area (Å²) in [6.07, 6.45) is 6.78. The van der Waals surface area contributed by atoms with E-state index in [1.165, 1.54) is 5.56 Å². The smallest absolute Gasteiger partial charge is 0.141 e. The van der Waals surface area contributed by atoms with Crippen molar-refractivity contribution in [3.05, 3.63) is 33.9 Å². The van der Waals surface area contributed by atoms with Crippen LogP contribution in [0.25, 0.3) is 6.08 Å². The number of benzene rings is 1. The lowest BCUT2D eigenvalue weighted by Crippen LogP contribution is -1.93. The molecule has 0 amide bonds. The number of hydrogen-bond acceptors (Lipinski definition) is 2. The summed E-state index contributed by atoms with van der Waals surface area (Å²) in [4.78, 5) is 0. The fourth-order valence-electron chi connectivity index (χ4n) is 2.02. The van der Waals surface area contributed by atoms with Crippen molar-refractivity contribution in [2.75, 3.05) is 6.54 Å². The average molecular weight is 224 g/mol. The summed E-state index contributed by atoms with van der Waals surface area (Å²) < 4.78 is 0. The second-order valence-corrected chi connectivity index (χ2v) is 4.14. The van der Waals surface area contributed by atoms with Crippen LogP contribution in [-0.4, -0.2) is 11.7 Å². The molecule has 1 aromatic rings. The monoisotopic (exact) mass is 223 g/mol. The third kappa shape index (κ3) is 1.87. The van der Waals surface area contributed by atoms with E-state index in [4.69, 9.17) is 17.3 Å². The Hall–Kier alpha value is -0.990. The van der Waals surface area contributed by atoms with Crippen molar-refractivity contribution < 1.29 is 5.11 Å².